The maximum absolute atomic E-state index is 12.6. The fourth-order valence-electron chi connectivity index (χ4n) is 2.54. The van der Waals surface area contributed by atoms with Crippen LogP contribution in [0.3, 0.4) is 0 Å². The van der Waals surface area contributed by atoms with Crippen molar-refractivity contribution in [2.75, 3.05) is 12.4 Å². The third-order valence-electron chi connectivity index (χ3n) is 3.89. The first kappa shape index (κ1) is 17.3. The molecule has 2 heterocycles. The number of aryl methyl sites for hydroxylation is 1. The van der Waals surface area contributed by atoms with Crippen LogP contribution < -0.4 is 10.6 Å². The van der Waals surface area contributed by atoms with Crippen molar-refractivity contribution in [1.29, 1.82) is 0 Å². The van der Waals surface area contributed by atoms with E-state index in [1.165, 1.54) is 13.1 Å². The molecule has 0 spiro atoms. The van der Waals surface area contributed by atoms with Crippen molar-refractivity contribution in [1.82, 2.24) is 20.1 Å². The van der Waals surface area contributed by atoms with Crippen LogP contribution in [0.2, 0.25) is 0 Å². The van der Waals surface area contributed by atoms with E-state index in [9.17, 15) is 9.59 Å². The van der Waals surface area contributed by atoms with Crippen molar-refractivity contribution < 1.29 is 9.59 Å². The molecule has 26 heavy (non-hydrogen) atoms. The predicted molar refractivity (Wildman–Crippen MR) is 98.0 cm³/mol. The Morgan fingerprint density at radius 2 is 1.85 bits per heavy atom. The van der Waals surface area contributed by atoms with Crippen LogP contribution in [0.1, 0.15) is 32.1 Å². The second-order valence-electron chi connectivity index (χ2n) is 5.77. The molecule has 2 aromatic heterocycles. The van der Waals surface area contributed by atoms with Gasteiger partial charge in [0.2, 0.25) is 0 Å². The van der Waals surface area contributed by atoms with Crippen LogP contribution in [-0.2, 0) is 13.5 Å². The van der Waals surface area contributed by atoms with E-state index in [1.54, 1.807) is 30.1 Å². The standard InChI is InChI=1S/C19H19N5O2/c1-20-19(26)16-12-14(18(25)23-17-8-9-21-24(17)2)11-15(22-16)10-13-6-4-3-5-7-13/h3-9,11-12H,10H2,1-2H3,(H,20,26)(H,23,25). The first-order valence-corrected chi connectivity index (χ1v) is 8.13. The molecule has 0 aliphatic heterocycles. The summed E-state index contributed by atoms with van der Waals surface area (Å²) in [6, 6.07) is 14.6. The number of hydrogen-bond acceptors (Lipinski definition) is 4. The van der Waals surface area contributed by atoms with E-state index in [4.69, 9.17) is 0 Å². The van der Waals surface area contributed by atoms with Gasteiger partial charge < -0.3 is 10.6 Å². The fraction of sp³-hybridized carbons (Fsp3) is 0.158. The van der Waals surface area contributed by atoms with Crippen LogP contribution in [-0.4, -0.2) is 33.6 Å². The Morgan fingerprint density at radius 3 is 2.50 bits per heavy atom. The van der Waals surface area contributed by atoms with Crippen LogP contribution in [0.15, 0.2) is 54.7 Å². The number of benzene rings is 1. The van der Waals surface area contributed by atoms with E-state index < -0.39 is 0 Å². The zero-order chi connectivity index (χ0) is 18.5. The van der Waals surface area contributed by atoms with Gasteiger partial charge in [0.05, 0.1) is 6.20 Å². The zero-order valence-electron chi connectivity index (χ0n) is 14.6. The molecule has 0 atom stereocenters. The molecule has 0 radical (unpaired) electrons. The van der Waals surface area contributed by atoms with Gasteiger partial charge in [0, 0.05) is 37.8 Å². The second-order valence-corrected chi connectivity index (χ2v) is 5.77. The van der Waals surface area contributed by atoms with Crippen molar-refractivity contribution in [3.63, 3.8) is 0 Å². The van der Waals surface area contributed by atoms with E-state index in [2.05, 4.69) is 20.7 Å². The summed E-state index contributed by atoms with van der Waals surface area (Å²) >= 11 is 0. The minimum absolute atomic E-state index is 0.205. The molecule has 0 aliphatic carbocycles. The lowest BCUT2D eigenvalue weighted by Crippen LogP contribution is -2.22. The van der Waals surface area contributed by atoms with Gasteiger partial charge >= 0.3 is 0 Å². The Labute approximate surface area is 151 Å². The van der Waals surface area contributed by atoms with Crippen molar-refractivity contribution >= 4 is 17.6 Å². The molecular formula is C19H19N5O2. The van der Waals surface area contributed by atoms with E-state index in [1.807, 2.05) is 30.3 Å². The summed E-state index contributed by atoms with van der Waals surface area (Å²) in [4.78, 5) is 29.1. The van der Waals surface area contributed by atoms with Gasteiger partial charge in [-0.05, 0) is 17.7 Å². The van der Waals surface area contributed by atoms with Crippen molar-refractivity contribution in [2.24, 2.45) is 7.05 Å². The molecule has 0 saturated heterocycles. The van der Waals surface area contributed by atoms with Gasteiger partial charge in [0.15, 0.2) is 0 Å². The maximum Gasteiger partial charge on any atom is 0.269 e. The number of anilines is 1. The Hall–Kier alpha value is -3.48. The summed E-state index contributed by atoms with van der Waals surface area (Å²) in [5.74, 6) is -0.0946. The quantitative estimate of drug-likeness (QED) is 0.737. The van der Waals surface area contributed by atoms with E-state index >= 15 is 0 Å². The normalized spacial score (nSPS) is 10.4. The number of rotatable bonds is 5. The highest BCUT2D eigenvalue weighted by molar-refractivity contribution is 6.05. The molecule has 0 aliphatic rings. The van der Waals surface area contributed by atoms with Crippen molar-refractivity contribution in [3.8, 4) is 0 Å². The lowest BCUT2D eigenvalue weighted by molar-refractivity contribution is 0.0958. The number of carbonyl (C=O) groups excluding carboxylic acids is 2. The molecule has 0 saturated carbocycles. The summed E-state index contributed by atoms with van der Waals surface area (Å²) < 4.78 is 1.56. The highest BCUT2D eigenvalue weighted by Crippen LogP contribution is 2.14. The third-order valence-corrected chi connectivity index (χ3v) is 3.89. The van der Waals surface area contributed by atoms with Crippen LogP contribution in [0.25, 0.3) is 0 Å². The number of pyridine rings is 1. The molecule has 0 fully saturated rings. The van der Waals surface area contributed by atoms with Gasteiger partial charge in [0.1, 0.15) is 11.5 Å². The van der Waals surface area contributed by atoms with Gasteiger partial charge in [-0.2, -0.15) is 5.10 Å². The Bertz CT molecular complexity index is 934. The molecule has 2 amide bonds. The van der Waals surface area contributed by atoms with Gasteiger partial charge in [-0.15, -0.1) is 0 Å². The van der Waals surface area contributed by atoms with Gasteiger partial charge in [-0.3, -0.25) is 14.3 Å². The van der Waals surface area contributed by atoms with Gasteiger partial charge in [-0.25, -0.2) is 4.98 Å². The first-order valence-electron chi connectivity index (χ1n) is 8.13. The number of amides is 2. The Kier molecular flexibility index (Phi) is 5.07. The van der Waals surface area contributed by atoms with Crippen LogP contribution >= 0.6 is 0 Å². The zero-order valence-corrected chi connectivity index (χ0v) is 14.6. The molecule has 0 unspecified atom stereocenters. The molecule has 1 aromatic carbocycles. The number of hydrogen-bond donors (Lipinski definition) is 2. The maximum atomic E-state index is 12.6. The first-order chi connectivity index (χ1) is 12.6. The van der Waals surface area contributed by atoms with Crippen LogP contribution in [0.5, 0.6) is 0 Å². The molecule has 3 rings (SSSR count). The fourth-order valence-corrected chi connectivity index (χ4v) is 2.54. The Balaban J connectivity index is 1.93. The molecule has 7 heteroatoms. The number of nitrogens with one attached hydrogen (secondary N) is 2. The van der Waals surface area contributed by atoms with Gasteiger partial charge in [-0.1, -0.05) is 30.3 Å². The lowest BCUT2D eigenvalue weighted by atomic mass is 10.1. The topological polar surface area (TPSA) is 88.9 Å². The summed E-state index contributed by atoms with van der Waals surface area (Å²) in [5.41, 5.74) is 2.27. The smallest absolute Gasteiger partial charge is 0.269 e. The summed E-state index contributed by atoms with van der Waals surface area (Å²) in [7, 11) is 3.27. The van der Waals surface area contributed by atoms with Gasteiger partial charge in [0.25, 0.3) is 11.8 Å². The average Bonchev–Trinajstić information content (AvgIpc) is 3.06. The molecule has 0 bridgehead atoms. The monoisotopic (exact) mass is 349 g/mol. The molecular weight excluding hydrogens is 330 g/mol. The van der Waals surface area contributed by atoms with Crippen molar-refractivity contribution in [3.05, 3.63) is 77.2 Å². The minimum atomic E-state index is -0.338. The predicted octanol–water partition coefficient (Wildman–Crippen LogP) is 2.02. The summed E-state index contributed by atoms with van der Waals surface area (Å²) in [6.45, 7) is 0. The molecule has 3 aromatic rings. The molecule has 7 nitrogen and oxygen atoms in total. The summed E-state index contributed by atoms with van der Waals surface area (Å²) in [5, 5.41) is 9.35. The third kappa shape index (κ3) is 3.94. The summed E-state index contributed by atoms with van der Waals surface area (Å²) in [6.07, 6.45) is 2.12. The van der Waals surface area contributed by atoms with Crippen LogP contribution in [0, 0.1) is 0 Å². The SMILES string of the molecule is CNC(=O)c1cc(C(=O)Nc2ccnn2C)cc(Cc2ccccc2)n1. The molecule has 2 N–H and O–H groups in total. The second kappa shape index (κ2) is 7.60. The van der Waals surface area contributed by atoms with Crippen LogP contribution in [0.4, 0.5) is 5.82 Å². The number of nitrogens with zero attached hydrogens (tertiary/aromatic N) is 3. The van der Waals surface area contributed by atoms with E-state index in [0.717, 1.165) is 5.56 Å². The highest BCUT2D eigenvalue weighted by atomic mass is 16.2. The van der Waals surface area contributed by atoms with E-state index in [-0.39, 0.29) is 17.5 Å². The number of carbonyl (C=O) groups is 2. The van der Waals surface area contributed by atoms with E-state index in [0.29, 0.717) is 23.5 Å². The minimum Gasteiger partial charge on any atom is -0.354 e. The lowest BCUT2D eigenvalue weighted by Gasteiger charge is -2.10. The van der Waals surface area contributed by atoms with Crippen molar-refractivity contribution in [2.45, 2.75) is 6.42 Å². The largest absolute Gasteiger partial charge is 0.354 e. The Morgan fingerprint density at radius 1 is 1.08 bits per heavy atom. The molecule has 132 valence electrons. The highest BCUT2D eigenvalue weighted by Gasteiger charge is 2.15. The number of aromatic nitrogens is 3. The average molecular weight is 349 g/mol.